The van der Waals surface area contributed by atoms with Crippen molar-refractivity contribution in [2.75, 3.05) is 0 Å². The number of alkyl halides is 3. The van der Waals surface area contributed by atoms with Crippen LogP contribution in [0.3, 0.4) is 0 Å². The first-order chi connectivity index (χ1) is 9.64. The summed E-state index contributed by atoms with van der Waals surface area (Å²) < 4.78 is 77.9. The number of nitrogens with zero attached hydrogens (tertiary/aromatic N) is 2. The van der Waals surface area contributed by atoms with Gasteiger partial charge in [0.1, 0.15) is 11.3 Å². The molecule has 2 rings (SSSR count). The molecule has 0 aliphatic rings. The second-order valence-electron chi connectivity index (χ2n) is 3.82. The molecule has 0 atom stereocenters. The van der Waals surface area contributed by atoms with Gasteiger partial charge >= 0.3 is 12.1 Å². The van der Waals surface area contributed by atoms with Crippen LogP contribution in [0.4, 0.5) is 26.3 Å². The molecule has 2 aromatic rings. The third-order valence-corrected chi connectivity index (χ3v) is 2.51. The minimum Gasteiger partial charge on any atom is -0.478 e. The fraction of sp³-hybridized carbons (Fsp3) is 0.0909. The van der Waals surface area contributed by atoms with Crippen molar-refractivity contribution in [1.29, 1.82) is 0 Å². The Balaban J connectivity index is 2.77. The van der Waals surface area contributed by atoms with Crippen LogP contribution in [0.5, 0.6) is 0 Å². The lowest BCUT2D eigenvalue weighted by atomic mass is 10.2. The van der Waals surface area contributed by atoms with E-state index >= 15 is 0 Å². The molecule has 1 N–H and O–H groups in total. The summed E-state index contributed by atoms with van der Waals surface area (Å²) in [4.78, 5) is 10.7. The van der Waals surface area contributed by atoms with E-state index in [1.54, 1.807) is 0 Å². The largest absolute Gasteiger partial charge is 0.478 e. The van der Waals surface area contributed by atoms with Crippen LogP contribution >= 0.6 is 0 Å². The highest BCUT2D eigenvalue weighted by atomic mass is 19.4. The van der Waals surface area contributed by atoms with Crippen molar-refractivity contribution in [3.8, 4) is 5.69 Å². The molecule has 112 valence electrons. The fourth-order valence-electron chi connectivity index (χ4n) is 1.64. The molecule has 10 heteroatoms. The van der Waals surface area contributed by atoms with Crippen molar-refractivity contribution in [1.82, 2.24) is 9.78 Å². The Morgan fingerprint density at radius 2 is 1.76 bits per heavy atom. The number of carboxylic acid groups (broad SMARTS) is 1. The molecular weight excluding hydrogens is 306 g/mol. The van der Waals surface area contributed by atoms with Gasteiger partial charge in [-0.3, -0.25) is 0 Å². The lowest BCUT2D eigenvalue weighted by molar-refractivity contribution is -0.143. The molecular formula is C11H4F6N2O2. The summed E-state index contributed by atoms with van der Waals surface area (Å²) in [5.41, 5.74) is -4.11. The van der Waals surface area contributed by atoms with Crippen LogP contribution in [0.15, 0.2) is 18.3 Å². The molecule has 0 saturated heterocycles. The Kier molecular flexibility index (Phi) is 3.39. The predicted molar refractivity (Wildman–Crippen MR) is 55.4 cm³/mol. The second-order valence-corrected chi connectivity index (χ2v) is 3.82. The first-order valence-corrected chi connectivity index (χ1v) is 5.17. The Bertz CT molecular complexity index is 722. The van der Waals surface area contributed by atoms with E-state index in [0.29, 0.717) is 18.3 Å². The molecule has 0 aliphatic carbocycles. The lowest BCUT2D eigenvalue weighted by Crippen LogP contribution is -2.18. The monoisotopic (exact) mass is 310 g/mol. The topological polar surface area (TPSA) is 55.1 Å². The fourth-order valence-corrected chi connectivity index (χ4v) is 1.64. The number of hydrogen-bond acceptors (Lipinski definition) is 2. The highest BCUT2D eigenvalue weighted by Crippen LogP contribution is 2.34. The van der Waals surface area contributed by atoms with E-state index in [1.165, 1.54) is 0 Å². The molecule has 0 unspecified atom stereocenters. The number of hydrogen-bond donors (Lipinski definition) is 1. The summed E-state index contributed by atoms with van der Waals surface area (Å²) in [5.74, 6) is -7.46. The first-order valence-electron chi connectivity index (χ1n) is 5.17. The third kappa shape index (κ3) is 2.43. The maximum atomic E-state index is 13.5. The number of aromatic carboxylic acids is 1. The van der Waals surface area contributed by atoms with E-state index in [2.05, 4.69) is 5.10 Å². The van der Waals surface area contributed by atoms with Gasteiger partial charge in [-0.25, -0.2) is 22.6 Å². The minimum absolute atomic E-state index is 0.138. The average Bonchev–Trinajstić information content (AvgIpc) is 2.81. The van der Waals surface area contributed by atoms with E-state index < -0.39 is 46.5 Å². The van der Waals surface area contributed by atoms with Gasteiger partial charge in [0.15, 0.2) is 23.1 Å². The highest BCUT2D eigenvalue weighted by Gasteiger charge is 2.41. The molecule has 1 heterocycles. The van der Waals surface area contributed by atoms with Gasteiger partial charge in [0.25, 0.3) is 0 Å². The summed E-state index contributed by atoms with van der Waals surface area (Å²) >= 11 is 0. The van der Waals surface area contributed by atoms with Crippen LogP contribution in [0.2, 0.25) is 0 Å². The van der Waals surface area contributed by atoms with Crippen molar-refractivity contribution in [3.05, 3.63) is 47.0 Å². The Hall–Kier alpha value is -2.52. The number of aromatic nitrogens is 2. The molecule has 1 aromatic heterocycles. The zero-order valence-electron chi connectivity index (χ0n) is 9.75. The standard InChI is InChI=1S/C11H4F6N2O2/c12-5-1-2-6(8(14)7(5)13)19-9(11(15,16)17)4(3-18-19)10(20)21/h1-3H,(H,20,21). The van der Waals surface area contributed by atoms with Gasteiger partial charge in [0.05, 0.1) is 6.20 Å². The quantitative estimate of drug-likeness (QED) is 0.685. The Morgan fingerprint density at radius 3 is 2.29 bits per heavy atom. The molecule has 0 fully saturated rings. The van der Waals surface area contributed by atoms with Crippen LogP contribution in [-0.2, 0) is 6.18 Å². The molecule has 0 bridgehead atoms. The number of rotatable bonds is 2. The van der Waals surface area contributed by atoms with Gasteiger partial charge in [0, 0.05) is 0 Å². The van der Waals surface area contributed by atoms with Crippen LogP contribution in [0, 0.1) is 17.5 Å². The highest BCUT2D eigenvalue weighted by molar-refractivity contribution is 5.89. The smallest absolute Gasteiger partial charge is 0.434 e. The van der Waals surface area contributed by atoms with Crippen LogP contribution < -0.4 is 0 Å². The lowest BCUT2D eigenvalue weighted by Gasteiger charge is -2.12. The average molecular weight is 310 g/mol. The molecule has 4 nitrogen and oxygen atoms in total. The van der Waals surface area contributed by atoms with Crippen molar-refractivity contribution in [2.45, 2.75) is 6.18 Å². The number of halogens is 6. The maximum absolute atomic E-state index is 13.5. The Labute approximate surface area is 112 Å². The third-order valence-electron chi connectivity index (χ3n) is 2.51. The van der Waals surface area contributed by atoms with E-state index in [9.17, 15) is 31.1 Å². The zero-order valence-corrected chi connectivity index (χ0v) is 9.75. The molecule has 0 aliphatic heterocycles. The molecule has 21 heavy (non-hydrogen) atoms. The van der Waals surface area contributed by atoms with Gasteiger partial charge in [-0.05, 0) is 12.1 Å². The normalized spacial score (nSPS) is 11.7. The van der Waals surface area contributed by atoms with Gasteiger partial charge in [-0.1, -0.05) is 0 Å². The Morgan fingerprint density at radius 1 is 1.14 bits per heavy atom. The van der Waals surface area contributed by atoms with E-state index in [0.717, 1.165) is 0 Å². The van der Waals surface area contributed by atoms with Gasteiger partial charge < -0.3 is 5.11 Å². The number of carbonyl (C=O) groups is 1. The number of carboxylic acids is 1. The summed E-state index contributed by atoms with van der Waals surface area (Å²) in [5, 5.41) is 11.8. The summed E-state index contributed by atoms with van der Waals surface area (Å²) in [7, 11) is 0. The van der Waals surface area contributed by atoms with Crippen LogP contribution in [0.1, 0.15) is 16.1 Å². The first kappa shape index (κ1) is 14.9. The van der Waals surface area contributed by atoms with Gasteiger partial charge in [-0.15, -0.1) is 0 Å². The second kappa shape index (κ2) is 4.79. The summed E-state index contributed by atoms with van der Waals surface area (Å²) in [6.45, 7) is 0. The van der Waals surface area contributed by atoms with Crippen molar-refractivity contribution in [3.63, 3.8) is 0 Å². The molecule has 0 amide bonds. The van der Waals surface area contributed by atoms with Crippen molar-refractivity contribution < 1.29 is 36.2 Å². The zero-order chi connectivity index (χ0) is 15.9. The predicted octanol–water partition coefficient (Wildman–Crippen LogP) is 3.01. The van der Waals surface area contributed by atoms with E-state index in [1.807, 2.05) is 0 Å². The summed E-state index contributed by atoms with van der Waals surface area (Å²) in [6.07, 6.45) is -4.85. The maximum Gasteiger partial charge on any atom is 0.434 e. The molecule has 0 saturated carbocycles. The minimum atomic E-state index is -5.19. The van der Waals surface area contributed by atoms with Crippen molar-refractivity contribution >= 4 is 5.97 Å². The SMILES string of the molecule is O=C(O)c1cnn(-c2ccc(F)c(F)c2F)c1C(F)(F)F. The van der Waals surface area contributed by atoms with Crippen molar-refractivity contribution in [2.24, 2.45) is 0 Å². The van der Waals surface area contributed by atoms with Gasteiger partial charge in [0.2, 0.25) is 0 Å². The summed E-state index contributed by atoms with van der Waals surface area (Å²) in [6, 6.07) is 0.914. The molecule has 1 aromatic carbocycles. The molecule has 0 radical (unpaired) electrons. The van der Waals surface area contributed by atoms with Gasteiger partial charge in [-0.2, -0.15) is 18.3 Å². The molecule has 0 spiro atoms. The van der Waals surface area contributed by atoms with E-state index in [4.69, 9.17) is 5.11 Å². The number of benzene rings is 1. The van der Waals surface area contributed by atoms with Crippen LogP contribution in [-0.4, -0.2) is 20.9 Å². The van der Waals surface area contributed by atoms with E-state index in [-0.39, 0.29) is 4.68 Å². The van der Waals surface area contributed by atoms with Crippen LogP contribution in [0.25, 0.3) is 5.69 Å².